The van der Waals surface area contributed by atoms with Crippen LogP contribution in [0.25, 0.3) is 0 Å². The zero-order chi connectivity index (χ0) is 6.91. The topological polar surface area (TPSA) is 26.0 Å². The average Bonchev–Trinajstić information content (AvgIpc) is 2.08. The van der Waals surface area contributed by atoms with Crippen LogP contribution in [0.2, 0.25) is 0 Å². The lowest BCUT2D eigenvalue weighted by molar-refractivity contribution is 0.366. The van der Waals surface area contributed by atoms with Crippen LogP contribution in [0.15, 0.2) is 16.8 Å². The van der Waals surface area contributed by atoms with E-state index in [2.05, 4.69) is 41.6 Å². The summed E-state index contributed by atoms with van der Waals surface area (Å²) < 4.78 is 5.00. The summed E-state index contributed by atoms with van der Waals surface area (Å²) in [6, 6.07) is 1.88. The quantitative estimate of drug-likeness (QED) is 0.553. The minimum Gasteiger partial charge on any atom is -0.360 e. The van der Waals surface area contributed by atoms with E-state index in [1.165, 1.54) is 0 Å². The van der Waals surface area contributed by atoms with E-state index in [-0.39, 0.29) is 3.42 Å². The third-order valence-corrected chi connectivity index (χ3v) is 1.56. The highest BCUT2D eigenvalue weighted by Crippen LogP contribution is 2.29. The molecule has 0 fully saturated rings. The Labute approximate surface area is 67.8 Å². The molecule has 0 atom stereocenters. The van der Waals surface area contributed by atoms with Crippen molar-refractivity contribution in [2.24, 2.45) is 0 Å². The average molecular weight is 237 g/mol. The van der Waals surface area contributed by atoms with Crippen molar-refractivity contribution in [3.8, 4) is 0 Å². The summed E-state index contributed by atoms with van der Waals surface area (Å²) in [6.45, 7) is 4.15. The first-order valence-electron chi connectivity index (χ1n) is 2.71. The van der Waals surface area contributed by atoms with Crippen LogP contribution in [-0.4, -0.2) is 5.16 Å². The molecule has 0 radical (unpaired) electrons. The molecule has 1 aromatic rings. The van der Waals surface area contributed by atoms with Gasteiger partial charge in [0.15, 0.2) is 5.76 Å². The predicted octanol–water partition coefficient (Wildman–Crippen LogP) is 2.34. The Balaban J connectivity index is 2.90. The summed E-state index contributed by atoms with van der Waals surface area (Å²) in [6.07, 6.45) is 1.66. The number of hydrogen-bond donors (Lipinski definition) is 0. The van der Waals surface area contributed by atoms with Gasteiger partial charge in [0.2, 0.25) is 0 Å². The van der Waals surface area contributed by atoms with Gasteiger partial charge in [-0.15, -0.1) is 0 Å². The second-order valence-corrected chi connectivity index (χ2v) is 5.05. The van der Waals surface area contributed by atoms with Crippen molar-refractivity contribution in [2.75, 3.05) is 0 Å². The number of nitrogens with zero attached hydrogens (tertiary/aromatic N) is 1. The van der Waals surface area contributed by atoms with Crippen molar-refractivity contribution in [2.45, 2.75) is 17.3 Å². The van der Waals surface area contributed by atoms with Gasteiger partial charge in [0.05, 0.1) is 9.62 Å². The van der Waals surface area contributed by atoms with Crippen LogP contribution in [0, 0.1) is 0 Å². The fraction of sp³-hybridized carbons (Fsp3) is 0.500. The molecule has 9 heavy (non-hydrogen) atoms. The van der Waals surface area contributed by atoms with Gasteiger partial charge in [-0.25, -0.2) is 0 Å². The normalized spacial score (nSPS) is 11.9. The Morgan fingerprint density at radius 2 is 2.33 bits per heavy atom. The van der Waals surface area contributed by atoms with Crippen molar-refractivity contribution < 1.29 is 4.52 Å². The van der Waals surface area contributed by atoms with Gasteiger partial charge < -0.3 is 4.52 Å². The van der Waals surface area contributed by atoms with Gasteiger partial charge in [-0.3, -0.25) is 0 Å². The number of alkyl halides is 1. The van der Waals surface area contributed by atoms with Crippen molar-refractivity contribution >= 4 is 22.6 Å². The SMILES string of the molecule is CC(C)(I)c1ccno1. The van der Waals surface area contributed by atoms with Gasteiger partial charge >= 0.3 is 0 Å². The summed E-state index contributed by atoms with van der Waals surface area (Å²) in [4.78, 5) is 0. The zero-order valence-electron chi connectivity index (χ0n) is 5.39. The van der Waals surface area contributed by atoms with Crippen LogP contribution < -0.4 is 0 Å². The van der Waals surface area contributed by atoms with E-state index in [1.54, 1.807) is 6.20 Å². The molecule has 0 saturated heterocycles. The summed E-state index contributed by atoms with van der Waals surface area (Å²) in [7, 11) is 0. The summed E-state index contributed by atoms with van der Waals surface area (Å²) in [5, 5.41) is 3.61. The summed E-state index contributed by atoms with van der Waals surface area (Å²) in [5.74, 6) is 0.920. The second kappa shape index (κ2) is 2.28. The third-order valence-electron chi connectivity index (χ3n) is 1.02. The molecule has 0 unspecified atom stereocenters. The van der Waals surface area contributed by atoms with Gasteiger partial charge in [0, 0.05) is 6.07 Å². The van der Waals surface area contributed by atoms with E-state index < -0.39 is 0 Å². The molecule has 0 aliphatic heterocycles. The molecule has 0 aliphatic carbocycles. The summed E-state index contributed by atoms with van der Waals surface area (Å²) >= 11 is 2.31. The number of rotatable bonds is 1. The molecule has 0 spiro atoms. The third kappa shape index (κ3) is 1.67. The van der Waals surface area contributed by atoms with Crippen LogP contribution in [-0.2, 0) is 3.42 Å². The van der Waals surface area contributed by atoms with Crippen LogP contribution in [0.5, 0.6) is 0 Å². The first kappa shape index (κ1) is 7.05. The maximum Gasteiger partial charge on any atom is 0.152 e. The smallest absolute Gasteiger partial charge is 0.152 e. The van der Waals surface area contributed by atoms with E-state index in [0.717, 1.165) is 5.76 Å². The number of aromatic nitrogens is 1. The van der Waals surface area contributed by atoms with Crippen molar-refractivity contribution in [1.29, 1.82) is 0 Å². The van der Waals surface area contributed by atoms with E-state index in [0.29, 0.717) is 0 Å². The molecule has 2 nitrogen and oxygen atoms in total. The highest BCUT2D eigenvalue weighted by molar-refractivity contribution is 14.1. The van der Waals surface area contributed by atoms with Gasteiger partial charge in [-0.05, 0) is 13.8 Å². The molecular formula is C6H8INO. The Morgan fingerprint density at radius 1 is 1.67 bits per heavy atom. The highest BCUT2D eigenvalue weighted by atomic mass is 127. The van der Waals surface area contributed by atoms with E-state index >= 15 is 0 Å². The lowest BCUT2D eigenvalue weighted by Gasteiger charge is -2.09. The lowest BCUT2D eigenvalue weighted by atomic mass is 10.2. The predicted molar refractivity (Wildman–Crippen MR) is 43.5 cm³/mol. The second-order valence-electron chi connectivity index (χ2n) is 2.35. The molecule has 1 aromatic heterocycles. The zero-order valence-corrected chi connectivity index (χ0v) is 7.55. The monoisotopic (exact) mass is 237 g/mol. The van der Waals surface area contributed by atoms with Crippen LogP contribution >= 0.6 is 22.6 Å². The van der Waals surface area contributed by atoms with Gasteiger partial charge in [-0.2, -0.15) is 0 Å². The fourth-order valence-corrected chi connectivity index (χ4v) is 0.801. The van der Waals surface area contributed by atoms with Gasteiger partial charge in [-0.1, -0.05) is 27.7 Å². The van der Waals surface area contributed by atoms with Crippen LogP contribution in [0.4, 0.5) is 0 Å². The molecule has 3 heteroatoms. The van der Waals surface area contributed by atoms with Crippen molar-refractivity contribution in [1.82, 2.24) is 5.16 Å². The standard InChI is InChI=1S/C6H8INO/c1-6(2,7)5-3-4-8-9-5/h3-4H,1-2H3. The summed E-state index contributed by atoms with van der Waals surface area (Å²) in [5.41, 5.74) is 0. The van der Waals surface area contributed by atoms with E-state index in [1.807, 2.05) is 6.07 Å². The Kier molecular flexibility index (Phi) is 1.79. The molecule has 0 aromatic carbocycles. The fourth-order valence-electron chi connectivity index (χ4n) is 0.522. The van der Waals surface area contributed by atoms with Gasteiger partial charge in [0.1, 0.15) is 0 Å². The van der Waals surface area contributed by atoms with Crippen LogP contribution in [0.3, 0.4) is 0 Å². The molecule has 0 bridgehead atoms. The van der Waals surface area contributed by atoms with Crippen molar-refractivity contribution in [3.63, 3.8) is 0 Å². The number of hydrogen-bond acceptors (Lipinski definition) is 2. The maximum absolute atomic E-state index is 4.94. The Morgan fingerprint density at radius 3 is 2.56 bits per heavy atom. The van der Waals surface area contributed by atoms with Crippen LogP contribution in [0.1, 0.15) is 19.6 Å². The van der Waals surface area contributed by atoms with Crippen molar-refractivity contribution in [3.05, 3.63) is 18.0 Å². The molecule has 0 amide bonds. The first-order valence-corrected chi connectivity index (χ1v) is 3.78. The highest BCUT2D eigenvalue weighted by Gasteiger charge is 2.19. The molecule has 0 saturated carbocycles. The van der Waals surface area contributed by atoms with E-state index in [9.17, 15) is 0 Å². The molecule has 0 aliphatic rings. The minimum absolute atomic E-state index is 0.0637. The van der Waals surface area contributed by atoms with Gasteiger partial charge in [0.25, 0.3) is 0 Å². The molecule has 1 rings (SSSR count). The minimum atomic E-state index is 0.0637. The largest absolute Gasteiger partial charge is 0.360 e. The number of halogens is 1. The molecule has 50 valence electrons. The lowest BCUT2D eigenvalue weighted by Crippen LogP contribution is -2.03. The van der Waals surface area contributed by atoms with E-state index in [4.69, 9.17) is 4.52 Å². The molecule has 0 N–H and O–H groups in total. The maximum atomic E-state index is 4.94. The first-order chi connectivity index (χ1) is 4.11. The molecular weight excluding hydrogens is 229 g/mol. The molecule has 1 heterocycles. The Hall–Kier alpha value is -0.0600. The Bertz CT molecular complexity index is 175.